The minimum absolute atomic E-state index is 0.0619. The lowest BCUT2D eigenvalue weighted by molar-refractivity contribution is -0.123. The Morgan fingerprint density at radius 2 is 1.93 bits per heavy atom. The summed E-state index contributed by atoms with van der Waals surface area (Å²) in [5.41, 5.74) is 1.51. The van der Waals surface area contributed by atoms with Crippen molar-refractivity contribution in [1.82, 2.24) is 10.2 Å². The molecule has 8 heteroatoms. The van der Waals surface area contributed by atoms with Gasteiger partial charge in [-0.15, -0.1) is 0 Å². The predicted molar refractivity (Wildman–Crippen MR) is 110 cm³/mol. The number of carbonyl (C=O) groups is 2. The van der Waals surface area contributed by atoms with E-state index in [9.17, 15) is 14.0 Å². The fourth-order valence-electron chi connectivity index (χ4n) is 2.76. The number of rotatable bonds is 6. The highest BCUT2D eigenvalue weighted by atomic mass is 127. The van der Waals surface area contributed by atoms with Gasteiger partial charge in [-0.3, -0.25) is 9.69 Å². The molecule has 2 aromatic carbocycles. The van der Waals surface area contributed by atoms with Crippen LogP contribution in [-0.4, -0.2) is 30.6 Å². The number of ether oxygens (including phenoxy) is 2. The van der Waals surface area contributed by atoms with Gasteiger partial charge in [0.25, 0.3) is 5.91 Å². The maximum atomic E-state index is 13.0. The van der Waals surface area contributed by atoms with Gasteiger partial charge in [-0.1, -0.05) is 12.1 Å². The molecule has 0 bridgehead atoms. The molecule has 0 unspecified atom stereocenters. The van der Waals surface area contributed by atoms with Crippen LogP contribution in [-0.2, 0) is 11.3 Å². The molecule has 0 radical (unpaired) electrons. The van der Waals surface area contributed by atoms with E-state index >= 15 is 0 Å². The minimum atomic E-state index is -0.520. The van der Waals surface area contributed by atoms with E-state index in [0.29, 0.717) is 29.2 Å². The third-order valence-corrected chi connectivity index (χ3v) is 4.87. The number of nitrogens with zero attached hydrogens (tertiary/aromatic N) is 1. The average molecular weight is 496 g/mol. The van der Waals surface area contributed by atoms with Crippen molar-refractivity contribution >= 4 is 40.6 Å². The van der Waals surface area contributed by atoms with Crippen LogP contribution in [0.25, 0.3) is 6.08 Å². The van der Waals surface area contributed by atoms with Crippen LogP contribution in [0.3, 0.4) is 0 Å². The first kappa shape index (κ1) is 20.1. The van der Waals surface area contributed by atoms with Gasteiger partial charge in [-0.05, 0) is 71.0 Å². The van der Waals surface area contributed by atoms with Crippen molar-refractivity contribution in [3.63, 3.8) is 0 Å². The lowest BCUT2D eigenvalue weighted by Crippen LogP contribution is -2.30. The van der Waals surface area contributed by atoms with E-state index in [2.05, 4.69) is 27.9 Å². The molecule has 0 aliphatic carbocycles. The van der Waals surface area contributed by atoms with Gasteiger partial charge in [-0.2, -0.15) is 0 Å². The first-order valence-electron chi connectivity index (χ1n) is 8.52. The summed E-state index contributed by atoms with van der Waals surface area (Å²) >= 11 is 2.13. The molecule has 0 aromatic heterocycles. The number of hydrogen-bond donors (Lipinski definition) is 1. The van der Waals surface area contributed by atoms with Crippen LogP contribution in [0.1, 0.15) is 18.1 Å². The minimum Gasteiger partial charge on any atom is -0.493 e. The summed E-state index contributed by atoms with van der Waals surface area (Å²) in [5.74, 6) is 0.353. The number of urea groups is 1. The second-order valence-electron chi connectivity index (χ2n) is 5.97. The van der Waals surface area contributed by atoms with Crippen LogP contribution < -0.4 is 14.8 Å². The highest BCUT2D eigenvalue weighted by Crippen LogP contribution is 2.34. The Kier molecular flexibility index (Phi) is 6.18. The largest absolute Gasteiger partial charge is 0.493 e. The SMILES string of the molecule is CCOc1c(I)cc(/C=C2/NC(=O)N(Cc3ccc(F)cc3)C2=O)cc1OC. The lowest BCUT2D eigenvalue weighted by Gasteiger charge is -2.12. The molecule has 1 aliphatic rings. The Morgan fingerprint density at radius 1 is 1.21 bits per heavy atom. The van der Waals surface area contributed by atoms with Crippen molar-refractivity contribution in [2.75, 3.05) is 13.7 Å². The van der Waals surface area contributed by atoms with E-state index in [1.54, 1.807) is 12.1 Å². The molecule has 6 nitrogen and oxygen atoms in total. The van der Waals surface area contributed by atoms with Gasteiger partial charge < -0.3 is 14.8 Å². The molecule has 28 heavy (non-hydrogen) atoms. The van der Waals surface area contributed by atoms with E-state index in [1.165, 1.54) is 31.4 Å². The van der Waals surface area contributed by atoms with Gasteiger partial charge >= 0.3 is 6.03 Å². The molecule has 1 N–H and O–H groups in total. The Labute approximate surface area is 175 Å². The van der Waals surface area contributed by atoms with Gasteiger partial charge in [-0.25, -0.2) is 9.18 Å². The quantitative estimate of drug-likeness (QED) is 0.374. The van der Waals surface area contributed by atoms with E-state index in [4.69, 9.17) is 9.47 Å². The van der Waals surface area contributed by atoms with Crippen LogP contribution in [0.2, 0.25) is 0 Å². The van der Waals surface area contributed by atoms with Crippen molar-refractivity contribution in [3.8, 4) is 11.5 Å². The van der Waals surface area contributed by atoms with Crippen LogP contribution in [0.5, 0.6) is 11.5 Å². The fraction of sp³-hybridized carbons (Fsp3) is 0.200. The number of imide groups is 1. The Morgan fingerprint density at radius 3 is 2.57 bits per heavy atom. The topological polar surface area (TPSA) is 67.9 Å². The highest BCUT2D eigenvalue weighted by Gasteiger charge is 2.33. The zero-order valence-corrected chi connectivity index (χ0v) is 17.4. The maximum absolute atomic E-state index is 13.0. The van der Waals surface area contributed by atoms with E-state index < -0.39 is 11.9 Å². The monoisotopic (exact) mass is 496 g/mol. The molecule has 146 valence electrons. The van der Waals surface area contributed by atoms with Crippen LogP contribution >= 0.6 is 22.6 Å². The number of hydrogen-bond acceptors (Lipinski definition) is 4. The highest BCUT2D eigenvalue weighted by molar-refractivity contribution is 14.1. The van der Waals surface area contributed by atoms with Crippen molar-refractivity contribution in [2.24, 2.45) is 0 Å². The van der Waals surface area contributed by atoms with Gasteiger partial charge in [0.2, 0.25) is 0 Å². The first-order chi connectivity index (χ1) is 13.4. The molecule has 0 spiro atoms. The second kappa shape index (κ2) is 8.59. The summed E-state index contributed by atoms with van der Waals surface area (Å²) in [6.45, 7) is 2.44. The zero-order valence-electron chi connectivity index (χ0n) is 15.3. The molecule has 1 heterocycles. The van der Waals surface area contributed by atoms with Gasteiger partial charge in [0.05, 0.1) is 23.8 Å². The summed E-state index contributed by atoms with van der Waals surface area (Å²) in [7, 11) is 1.54. The van der Waals surface area contributed by atoms with E-state index in [0.717, 1.165) is 8.47 Å². The van der Waals surface area contributed by atoms with Crippen molar-refractivity contribution < 1.29 is 23.5 Å². The third kappa shape index (κ3) is 4.27. The van der Waals surface area contributed by atoms with Crippen molar-refractivity contribution in [1.29, 1.82) is 0 Å². The Bertz CT molecular complexity index is 944. The van der Waals surface area contributed by atoms with Crippen LogP contribution in [0.15, 0.2) is 42.1 Å². The third-order valence-electron chi connectivity index (χ3n) is 4.07. The molecule has 2 aromatic rings. The van der Waals surface area contributed by atoms with Crippen molar-refractivity contribution in [2.45, 2.75) is 13.5 Å². The van der Waals surface area contributed by atoms with E-state index in [-0.39, 0.29) is 18.1 Å². The second-order valence-corrected chi connectivity index (χ2v) is 7.14. The molecule has 1 aliphatic heterocycles. The molecule has 1 fully saturated rings. The number of benzene rings is 2. The average Bonchev–Trinajstić information content (AvgIpc) is 2.92. The summed E-state index contributed by atoms with van der Waals surface area (Å²) in [6, 6.07) is 8.71. The summed E-state index contributed by atoms with van der Waals surface area (Å²) in [5, 5.41) is 2.58. The fourth-order valence-corrected chi connectivity index (χ4v) is 3.54. The number of halogens is 2. The zero-order chi connectivity index (χ0) is 20.3. The molecule has 1 saturated heterocycles. The molecule has 0 saturated carbocycles. The maximum Gasteiger partial charge on any atom is 0.329 e. The number of methoxy groups -OCH3 is 1. The number of amides is 3. The Balaban J connectivity index is 1.85. The molecular weight excluding hydrogens is 478 g/mol. The predicted octanol–water partition coefficient (Wildman–Crippen LogP) is 3.93. The summed E-state index contributed by atoms with van der Waals surface area (Å²) < 4.78 is 24.8. The first-order valence-corrected chi connectivity index (χ1v) is 9.60. The normalized spacial score (nSPS) is 15.1. The van der Waals surface area contributed by atoms with Crippen molar-refractivity contribution in [3.05, 3.63) is 62.6 Å². The molecule has 3 rings (SSSR count). The molecular formula is C20H18FIN2O4. The number of carbonyl (C=O) groups excluding carboxylic acids is 2. The summed E-state index contributed by atoms with van der Waals surface area (Å²) in [4.78, 5) is 25.9. The number of nitrogens with one attached hydrogen (secondary N) is 1. The standard InChI is InChI=1S/C20H18FIN2O4/c1-3-28-18-15(22)8-13(10-17(18)27-2)9-16-19(25)24(20(26)23-16)11-12-4-6-14(21)7-5-12/h4-10H,3,11H2,1-2H3,(H,23,26)/b16-9+. The van der Waals surface area contributed by atoms with Gasteiger partial charge in [0, 0.05) is 0 Å². The van der Waals surface area contributed by atoms with Gasteiger partial charge in [0.15, 0.2) is 11.5 Å². The smallest absolute Gasteiger partial charge is 0.329 e. The molecule has 0 atom stereocenters. The van der Waals surface area contributed by atoms with Gasteiger partial charge in [0.1, 0.15) is 11.5 Å². The lowest BCUT2D eigenvalue weighted by atomic mass is 10.1. The van der Waals surface area contributed by atoms with Crippen LogP contribution in [0, 0.1) is 9.39 Å². The summed E-state index contributed by atoms with van der Waals surface area (Å²) in [6.07, 6.45) is 1.59. The Hall–Kier alpha value is -2.62. The van der Waals surface area contributed by atoms with E-state index in [1.807, 2.05) is 13.0 Å². The van der Waals surface area contributed by atoms with Crippen LogP contribution in [0.4, 0.5) is 9.18 Å². The molecule has 3 amide bonds.